The van der Waals surface area contributed by atoms with Crippen LogP contribution in [0.4, 0.5) is 5.69 Å². The zero-order valence-electron chi connectivity index (χ0n) is 6.04. The fourth-order valence-electron chi connectivity index (χ4n) is 1.09. The van der Waals surface area contributed by atoms with Crippen LogP contribution in [0.25, 0.3) is 10.1 Å². The quantitative estimate of drug-likeness (QED) is 0.566. The van der Waals surface area contributed by atoms with Crippen molar-refractivity contribution >= 4 is 62.3 Å². The van der Waals surface area contributed by atoms with Crippen molar-refractivity contribution < 1.29 is 0 Å². The number of hydrogen-bond acceptors (Lipinski definition) is 3. The van der Waals surface area contributed by atoms with Gasteiger partial charge in [-0.2, -0.15) is 0 Å². The van der Waals surface area contributed by atoms with Crippen LogP contribution in [0, 0.1) is 2.88 Å². The molecule has 2 aromatic rings. The molecule has 4 heteroatoms. The lowest BCUT2D eigenvalue weighted by Gasteiger charge is -1.93. The number of thiophene rings is 1. The van der Waals surface area contributed by atoms with E-state index >= 15 is 0 Å². The fraction of sp³-hybridized carbons (Fsp3) is 0. The molecule has 0 aliphatic rings. The lowest BCUT2D eigenvalue weighted by Crippen LogP contribution is -1.82. The molecular formula is C8H6INS2. The van der Waals surface area contributed by atoms with Crippen molar-refractivity contribution in [3.05, 3.63) is 21.1 Å². The molecule has 2 rings (SSSR count). The molecule has 0 bridgehead atoms. The zero-order chi connectivity index (χ0) is 8.72. The Bertz CT molecular complexity index is 436. The highest BCUT2D eigenvalue weighted by molar-refractivity contribution is 14.1. The second kappa shape index (κ2) is 3.08. The van der Waals surface area contributed by atoms with Gasteiger partial charge in [-0.1, -0.05) is 12.1 Å². The second-order valence-corrected chi connectivity index (χ2v) is 5.76. The predicted molar refractivity (Wildman–Crippen MR) is 66.2 cm³/mol. The molecule has 0 spiro atoms. The Kier molecular flexibility index (Phi) is 2.22. The van der Waals surface area contributed by atoms with Gasteiger partial charge in [-0.3, -0.25) is 0 Å². The van der Waals surface area contributed by atoms with Crippen LogP contribution < -0.4 is 5.73 Å². The maximum absolute atomic E-state index is 5.88. The number of halogens is 1. The van der Waals surface area contributed by atoms with Crippen molar-refractivity contribution in [3.8, 4) is 0 Å². The number of nitrogens with two attached hydrogens (primary N) is 1. The van der Waals surface area contributed by atoms with Crippen molar-refractivity contribution in [3.63, 3.8) is 0 Å². The molecule has 0 aliphatic carbocycles. The Hall–Kier alpha value is 0.0600. The topological polar surface area (TPSA) is 26.0 Å². The molecule has 0 saturated heterocycles. The molecule has 0 fully saturated rings. The molecule has 1 aromatic heterocycles. The minimum atomic E-state index is 0.881. The highest BCUT2D eigenvalue weighted by Gasteiger charge is 2.07. The number of fused-ring (bicyclic) bond motifs is 1. The third kappa shape index (κ3) is 1.22. The van der Waals surface area contributed by atoms with Gasteiger partial charge in [0.2, 0.25) is 0 Å². The molecule has 1 aromatic carbocycles. The van der Waals surface area contributed by atoms with E-state index in [1.165, 1.54) is 4.70 Å². The number of nitrogen functional groups attached to an aromatic ring is 1. The Balaban J connectivity index is 2.95. The van der Waals surface area contributed by atoms with E-state index in [0.717, 1.165) is 18.9 Å². The molecule has 0 unspecified atom stereocenters. The van der Waals surface area contributed by atoms with E-state index in [1.807, 2.05) is 18.2 Å². The van der Waals surface area contributed by atoms with Crippen LogP contribution in [0.5, 0.6) is 0 Å². The molecule has 62 valence electrons. The summed E-state index contributed by atoms with van der Waals surface area (Å²) in [5, 5.41) is 1.12. The maximum atomic E-state index is 5.88. The molecule has 0 amide bonds. The first-order chi connectivity index (χ1) is 5.70. The Morgan fingerprint density at radius 1 is 1.42 bits per heavy atom. The normalized spacial score (nSPS) is 10.8. The Morgan fingerprint density at radius 3 is 2.83 bits per heavy atom. The van der Waals surface area contributed by atoms with E-state index in [9.17, 15) is 0 Å². The maximum Gasteiger partial charge on any atom is 0.0895 e. The summed E-state index contributed by atoms with van der Waals surface area (Å²) < 4.78 is 2.33. The summed E-state index contributed by atoms with van der Waals surface area (Å²) in [6.07, 6.45) is 0. The van der Waals surface area contributed by atoms with Gasteiger partial charge < -0.3 is 5.73 Å². The van der Waals surface area contributed by atoms with E-state index in [-0.39, 0.29) is 0 Å². The summed E-state index contributed by atoms with van der Waals surface area (Å²) in [5.41, 5.74) is 6.76. The van der Waals surface area contributed by atoms with Crippen LogP contribution in [0.2, 0.25) is 0 Å². The average Bonchev–Trinajstić information content (AvgIpc) is 2.32. The first-order valence-electron chi connectivity index (χ1n) is 3.35. The van der Waals surface area contributed by atoms with Crippen molar-refractivity contribution in [2.24, 2.45) is 0 Å². The van der Waals surface area contributed by atoms with E-state index in [4.69, 9.17) is 5.73 Å². The SMILES string of the molecule is Nc1c(I)sc2c(S)cccc12. The molecular weight excluding hydrogens is 301 g/mol. The Labute approximate surface area is 93.5 Å². The lowest BCUT2D eigenvalue weighted by molar-refractivity contribution is 1.61. The third-order valence-electron chi connectivity index (χ3n) is 1.69. The smallest absolute Gasteiger partial charge is 0.0895 e. The van der Waals surface area contributed by atoms with Crippen LogP contribution >= 0.6 is 46.6 Å². The van der Waals surface area contributed by atoms with Crippen molar-refractivity contribution in [2.45, 2.75) is 4.90 Å². The van der Waals surface area contributed by atoms with E-state index in [0.29, 0.717) is 0 Å². The van der Waals surface area contributed by atoms with Gasteiger partial charge in [0.1, 0.15) is 0 Å². The largest absolute Gasteiger partial charge is 0.397 e. The minimum Gasteiger partial charge on any atom is -0.397 e. The number of anilines is 1. The highest BCUT2D eigenvalue weighted by atomic mass is 127. The standard InChI is InChI=1S/C8H6INS2/c9-8-6(10)4-2-1-3-5(11)7(4)12-8/h1-3,11H,10H2. The van der Waals surface area contributed by atoms with Gasteiger partial charge in [0, 0.05) is 10.3 Å². The number of benzene rings is 1. The Morgan fingerprint density at radius 2 is 2.17 bits per heavy atom. The fourth-order valence-corrected chi connectivity index (χ4v) is 3.25. The molecule has 1 nitrogen and oxygen atoms in total. The number of hydrogen-bond donors (Lipinski definition) is 2. The molecule has 12 heavy (non-hydrogen) atoms. The van der Waals surface area contributed by atoms with Gasteiger partial charge in [-0.25, -0.2) is 0 Å². The molecule has 0 aliphatic heterocycles. The van der Waals surface area contributed by atoms with Crippen LogP contribution in [0.1, 0.15) is 0 Å². The molecule has 0 radical (unpaired) electrons. The summed E-state index contributed by atoms with van der Waals surface area (Å²) in [5.74, 6) is 0. The van der Waals surface area contributed by atoms with Crippen LogP contribution in [0.3, 0.4) is 0 Å². The molecule has 2 N–H and O–H groups in total. The highest BCUT2D eigenvalue weighted by Crippen LogP contribution is 2.37. The van der Waals surface area contributed by atoms with Gasteiger partial charge in [0.15, 0.2) is 0 Å². The van der Waals surface area contributed by atoms with Crippen LogP contribution in [-0.2, 0) is 0 Å². The number of rotatable bonds is 0. The number of thiol groups is 1. The summed E-state index contributed by atoms with van der Waals surface area (Å²) in [6.45, 7) is 0. The van der Waals surface area contributed by atoms with E-state index in [2.05, 4.69) is 35.2 Å². The van der Waals surface area contributed by atoms with Gasteiger partial charge in [-0.15, -0.1) is 24.0 Å². The summed E-state index contributed by atoms with van der Waals surface area (Å²) >= 11 is 8.31. The first-order valence-corrected chi connectivity index (χ1v) is 5.70. The lowest BCUT2D eigenvalue weighted by atomic mass is 10.2. The van der Waals surface area contributed by atoms with E-state index in [1.54, 1.807) is 11.3 Å². The zero-order valence-corrected chi connectivity index (χ0v) is 9.91. The molecule has 0 atom stereocenters. The molecule has 0 saturated carbocycles. The van der Waals surface area contributed by atoms with Crippen molar-refractivity contribution in [1.29, 1.82) is 0 Å². The van der Waals surface area contributed by atoms with Gasteiger partial charge in [-0.05, 0) is 28.7 Å². The first kappa shape index (κ1) is 8.65. The minimum absolute atomic E-state index is 0.881. The van der Waals surface area contributed by atoms with Crippen molar-refractivity contribution in [1.82, 2.24) is 0 Å². The summed E-state index contributed by atoms with van der Waals surface area (Å²) in [4.78, 5) is 1.01. The van der Waals surface area contributed by atoms with Crippen LogP contribution in [0.15, 0.2) is 23.1 Å². The van der Waals surface area contributed by atoms with Gasteiger partial charge >= 0.3 is 0 Å². The summed E-state index contributed by atoms with van der Waals surface area (Å²) in [7, 11) is 0. The second-order valence-electron chi connectivity index (χ2n) is 2.44. The monoisotopic (exact) mass is 307 g/mol. The third-order valence-corrected chi connectivity index (χ3v) is 4.50. The molecule has 1 heterocycles. The van der Waals surface area contributed by atoms with Gasteiger partial charge in [0.25, 0.3) is 0 Å². The van der Waals surface area contributed by atoms with Crippen LogP contribution in [-0.4, -0.2) is 0 Å². The predicted octanol–water partition coefficient (Wildman–Crippen LogP) is 3.38. The van der Waals surface area contributed by atoms with Gasteiger partial charge in [0.05, 0.1) is 13.3 Å². The summed E-state index contributed by atoms with van der Waals surface area (Å²) in [6, 6.07) is 5.99. The average molecular weight is 307 g/mol. The van der Waals surface area contributed by atoms with Crippen molar-refractivity contribution in [2.75, 3.05) is 5.73 Å². The van der Waals surface area contributed by atoms with E-state index < -0.39 is 0 Å².